The van der Waals surface area contributed by atoms with Crippen LogP contribution in [-0.4, -0.2) is 37.5 Å². The number of rotatable bonds is 7. The van der Waals surface area contributed by atoms with Crippen molar-refractivity contribution >= 4 is 27.4 Å². The minimum Gasteiger partial charge on any atom is -0.362 e. The fraction of sp³-hybridized carbons (Fsp3) is 0.375. The third-order valence-electron chi connectivity index (χ3n) is 6.05. The van der Waals surface area contributed by atoms with E-state index in [0.29, 0.717) is 6.54 Å². The molecule has 0 spiro atoms. The first kappa shape index (κ1) is 20.2. The van der Waals surface area contributed by atoms with Crippen LogP contribution in [0.4, 0.5) is 5.82 Å². The van der Waals surface area contributed by atoms with Gasteiger partial charge in [-0.05, 0) is 50.9 Å². The van der Waals surface area contributed by atoms with Gasteiger partial charge in [0.15, 0.2) is 0 Å². The van der Waals surface area contributed by atoms with E-state index in [1.54, 1.807) is 11.3 Å². The van der Waals surface area contributed by atoms with Gasteiger partial charge in [-0.15, -0.1) is 11.3 Å². The van der Waals surface area contributed by atoms with Crippen molar-refractivity contribution in [1.82, 2.24) is 24.4 Å². The molecule has 0 bridgehead atoms. The lowest BCUT2D eigenvalue weighted by Gasteiger charge is -2.15. The number of thiophene rings is 1. The van der Waals surface area contributed by atoms with Crippen LogP contribution in [0.1, 0.15) is 40.5 Å². The van der Waals surface area contributed by atoms with Crippen LogP contribution < -0.4 is 5.32 Å². The van der Waals surface area contributed by atoms with Crippen molar-refractivity contribution in [2.45, 2.75) is 46.3 Å². The van der Waals surface area contributed by atoms with E-state index in [-0.39, 0.29) is 0 Å². The van der Waals surface area contributed by atoms with E-state index in [0.717, 1.165) is 53.9 Å². The molecule has 6 nitrogen and oxygen atoms in total. The lowest BCUT2D eigenvalue weighted by molar-refractivity contribution is 0.323. The first-order chi connectivity index (χ1) is 15.2. The zero-order valence-corrected chi connectivity index (χ0v) is 19.0. The normalized spacial score (nSPS) is 14.5. The Balaban J connectivity index is 1.40. The number of benzene rings is 1. The number of anilines is 1. The van der Waals surface area contributed by atoms with Gasteiger partial charge in [0.1, 0.15) is 22.3 Å². The predicted molar refractivity (Wildman–Crippen MR) is 126 cm³/mol. The van der Waals surface area contributed by atoms with Crippen molar-refractivity contribution in [3.8, 4) is 0 Å². The Morgan fingerprint density at radius 3 is 2.65 bits per heavy atom. The largest absolute Gasteiger partial charge is 0.362 e. The molecule has 0 aliphatic carbocycles. The maximum Gasteiger partial charge on any atom is 0.146 e. The van der Waals surface area contributed by atoms with Gasteiger partial charge in [-0.2, -0.15) is 0 Å². The third-order valence-corrected chi connectivity index (χ3v) is 7.15. The van der Waals surface area contributed by atoms with Gasteiger partial charge < -0.3 is 9.88 Å². The topological polar surface area (TPSA) is 58.9 Å². The lowest BCUT2D eigenvalue weighted by atomic mass is 10.2. The van der Waals surface area contributed by atoms with Crippen molar-refractivity contribution in [2.75, 3.05) is 18.4 Å². The summed E-state index contributed by atoms with van der Waals surface area (Å²) in [6.07, 6.45) is 6.45. The number of hydrogen-bond acceptors (Lipinski definition) is 6. The molecule has 0 atom stereocenters. The number of likely N-dealkylation sites (tertiary alicyclic amines) is 1. The van der Waals surface area contributed by atoms with E-state index in [4.69, 9.17) is 9.97 Å². The molecule has 1 aromatic carbocycles. The molecule has 4 aromatic rings. The van der Waals surface area contributed by atoms with Gasteiger partial charge in [0.05, 0.1) is 18.5 Å². The highest BCUT2D eigenvalue weighted by Gasteiger charge is 2.18. The molecule has 0 saturated carbocycles. The summed E-state index contributed by atoms with van der Waals surface area (Å²) in [5.74, 6) is 2.84. The summed E-state index contributed by atoms with van der Waals surface area (Å²) in [4.78, 5) is 19.3. The maximum absolute atomic E-state index is 4.96. The van der Waals surface area contributed by atoms with Gasteiger partial charge in [-0.3, -0.25) is 4.90 Å². The third kappa shape index (κ3) is 4.34. The SMILES string of the molecule is Cc1sc2nc(CN3CCCC3)nc(NCc3nccn3Cc3ccccc3)c2c1C. The summed E-state index contributed by atoms with van der Waals surface area (Å²) < 4.78 is 2.19. The number of hydrogen-bond donors (Lipinski definition) is 1. The maximum atomic E-state index is 4.96. The molecule has 0 unspecified atom stereocenters. The molecule has 1 fully saturated rings. The van der Waals surface area contributed by atoms with E-state index in [1.807, 2.05) is 18.5 Å². The fourth-order valence-electron chi connectivity index (χ4n) is 4.23. The molecular weight excluding hydrogens is 404 g/mol. The number of nitrogens with zero attached hydrogens (tertiary/aromatic N) is 5. The lowest BCUT2D eigenvalue weighted by Crippen LogP contribution is -2.20. The summed E-state index contributed by atoms with van der Waals surface area (Å²) in [6, 6.07) is 10.5. The summed E-state index contributed by atoms with van der Waals surface area (Å²) in [5.41, 5.74) is 2.53. The van der Waals surface area contributed by atoms with Crippen LogP contribution >= 0.6 is 11.3 Å². The predicted octanol–water partition coefficient (Wildman–Crippen LogP) is 4.76. The quantitative estimate of drug-likeness (QED) is 0.456. The second kappa shape index (κ2) is 8.77. The van der Waals surface area contributed by atoms with Crippen LogP contribution in [-0.2, 0) is 19.6 Å². The van der Waals surface area contributed by atoms with Gasteiger partial charge in [0.2, 0.25) is 0 Å². The van der Waals surface area contributed by atoms with Crippen molar-refractivity contribution in [3.05, 3.63) is 70.4 Å². The van der Waals surface area contributed by atoms with Gasteiger partial charge in [-0.1, -0.05) is 30.3 Å². The molecule has 7 heteroatoms. The first-order valence-corrected chi connectivity index (χ1v) is 11.8. The summed E-state index contributed by atoms with van der Waals surface area (Å²) >= 11 is 1.76. The summed E-state index contributed by atoms with van der Waals surface area (Å²) in [7, 11) is 0. The Labute approximate surface area is 187 Å². The minimum absolute atomic E-state index is 0.628. The summed E-state index contributed by atoms with van der Waals surface area (Å²) in [6.45, 7) is 8.88. The minimum atomic E-state index is 0.628. The smallest absolute Gasteiger partial charge is 0.146 e. The molecule has 31 heavy (non-hydrogen) atoms. The molecule has 3 aromatic heterocycles. The van der Waals surface area contributed by atoms with E-state index >= 15 is 0 Å². The molecule has 4 heterocycles. The second-order valence-electron chi connectivity index (χ2n) is 8.25. The molecule has 5 rings (SSSR count). The average molecular weight is 433 g/mol. The van der Waals surface area contributed by atoms with E-state index in [1.165, 1.54) is 28.8 Å². The highest BCUT2D eigenvalue weighted by atomic mass is 32.1. The van der Waals surface area contributed by atoms with E-state index < -0.39 is 0 Å². The number of aryl methyl sites for hydroxylation is 2. The highest BCUT2D eigenvalue weighted by molar-refractivity contribution is 7.18. The van der Waals surface area contributed by atoms with Crippen LogP contribution in [0.5, 0.6) is 0 Å². The van der Waals surface area contributed by atoms with Gasteiger partial charge in [-0.25, -0.2) is 15.0 Å². The Kier molecular flexibility index (Phi) is 5.70. The van der Waals surface area contributed by atoms with E-state index in [9.17, 15) is 0 Å². The van der Waals surface area contributed by atoms with E-state index in [2.05, 4.69) is 57.9 Å². The zero-order valence-electron chi connectivity index (χ0n) is 18.1. The standard InChI is InChI=1S/C24H28N6S/c1-17-18(2)31-24-22(17)23(27-20(28-24)16-29-11-6-7-12-29)26-14-21-25-10-13-30(21)15-19-8-4-3-5-9-19/h3-5,8-10,13H,6-7,11-12,14-16H2,1-2H3,(H,26,27,28). The van der Waals surface area contributed by atoms with Gasteiger partial charge >= 0.3 is 0 Å². The second-order valence-corrected chi connectivity index (χ2v) is 9.45. The molecule has 1 N–H and O–H groups in total. The molecule has 0 radical (unpaired) electrons. The molecule has 1 aliphatic rings. The molecular formula is C24H28N6S. The number of nitrogens with one attached hydrogen (secondary N) is 1. The number of fused-ring (bicyclic) bond motifs is 1. The number of aromatic nitrogens is 4. The van der Waals surface area contributed by atoms with Crippen LogP contribution in [0.15, 0.2) is 42.7 Å². The Morgan fingerprint density at radius 1 is 1.03 bits per heavy atom. The van der Waals surface area contributed by atoms with Crippen LogP contribution in [0.25, 0.3) is 10.2 Å². The average Bonchev–Trinajstić information content (AvgIpc) is 3.50. The van der Waals surface area contributed by atoms with Crippen molar-refractivity contribution in [1.29, 1.82) is 0 Å². The van der Waals surface area contributed by atoms with Crippen LogP contribution in [0, 0.1) is 13.8 Å². The first-order valence-electron chi connectivity index (χ1n) is 10.9. The molecule has 1 aliphatic heterocycles. The van der Waals surface area contributed by atoms with Crippen LogP contribution in [0.2, 0.25) is 0 Å². The van der Waals surface area contributed by atoms with Gasteiger partial charge in [0.25, 0.3) is 0 Å². The Bertz CT molecular complexity index is 1170. The fourth-order valence-corrected chi connectivity index (χ4v) is 5.28. The van der Waals surface area contributed by atoms with Crippen molar-refractivity contribution < 1.29 is 0 Å². The molecule has 160 valence electrons. The monoisotopic (exact) mass is 432 g/mol. The van der Waals surface area contributed by atoms with Gasteiger partial charge in [0, 0.05) is 23.8 Å². The molecule has 1 saturated heterocycles. The Hall–Kier alpha value is -2.77. The number of imidazole rings is 1. The Morgan fingerprint density at radius 2 is 1.84 bits per heavy atom. The zero-order chi connectivity index (χ0) is 21.2. The highest BCUT2D eigenvalue weighted by Crippen LogP contribution is 2.33. The summed E-state index contributed by atoms with van der Waals surface area (Å²) in [5, 5.41) is 4.74. The van der Waals surface area contributed by atoms with Crippen molar-refractivity contribution in [3.63, 3.8) is 0 Å². The van der Waals surface area contributed by atoms with Crippen LogP contribution in [0.3, 0.4) is 0 Å². The van der Waals surface area contributed by atoms with Crippen molar-refractivity contribution in [2.24, 2.45) is 0 Å². The molecule has 0 amide bonds.